The summed E-state index contributed by atoms with van der Waals surface area (Å²) in [5.74, 6) is 0. The van der Waals surface area contributed by atoms with Gasteiger partial charge in [0.15, 0.2) is 0 Å². The topological polar surface area (TPSA) is 18.5 Å². The molecule has 0 bridgehead atoms. The molecule has 2 aliphatic heterocycles. The number of nitrogens with one attached hydrogen (secondary N) is 1. The summed E-state index contributed by atoms with van der Waals surface area (Å²) in [6, 6.07) is 7.44. The highest BCUT2D eigenvalue weighted by molar-refractivity contribution is 5.74. The normalized spacial score (nSPS) is 22.9. The molecule has 0 radical (unpaired) electrons. The van der Waals surface area contributed by atoms with Crippen LogP contribution in [-0.4, -0.2) is 44.7 Å². The van der Waals surface area contributed by atoms with Gasteiger partial charge in [-0.15, -0.1) is 0 Å². The molecule has 1 unspecified atom stereocenters. The quantitative estimate of drug-likeness (QED) is 0.900. The van der Waals surface area contributed by atoms with Crippen LogP contribution in [0.2, 0.25) is 0 Å². The van der Waals surface area contributed by atoms with Gasteiger partial charge >= 0.3 is 0 Å². The molecule has 2 heterocycles. The second-order valence-corrected chi connectivity index (χ2v) is 6.00. The van der Waals surface area contributed by atoms with Crippen molar-refractivity contribution in [2.75, 3.05) is 43.9 Å². The maximum absolute atomic E-state index is 3.59. The van der Waals surface area contributed by atoms with E-state index < -0.39 is 0 Å². The molecule has 3 nitrogen and oxygen atoms in total. The van der Waals surface area contributed by atoms with E-state index in [1.807, 2.05) is 0 Å². The lowest BCUT2D eigenvalue weighted by Gasteiger charge is -2.31. The molecular weight excluding hydrogens is 234 g/mol. The summed E-state index contributed by atoms with van der Waals surface area (Å²) >= 11 is 0. The molecule has 3 rings (SSSR count). The van der Waals surface area contributed by atoms with Crippen LogP contribution in [0.5, 0.6) is 0 Å². The second-order valence-electron chi connectivity index (χ2n) is 6.00. The van der Waals surface area contributed by atoms with Crippen molar-refractivity contribution in [3.8, 4) is 0 Å². The Morgan fingerprint density at radius 2 is 2.26 bits per heavy atom. The molecule has 0 aliphatic carbocycles. The minimum atomic E-state index is 0.712. The lowest BCUT2D eigenvalue weighted by atomic mass is 10.0. The van der Waals surface area contributed by atoms with Crippen LogP contribution in [0.4, 0.5) is 11.4 Å². The zero-order valence-electron chi connectivity index (χ0n) is 12.2. The first kappa shape index (κ1) is 12.8. The Morgan fingerprint density at radius 3 is 3.05 bits per heavy atom. The zero-order chi connectivity index (χ0) is 13.2. The zero-order valence-corrected chi connectivity index (χ0v) is 12.2. The van der Waals surface area contributed by atoms with E-state index in [1.54, 1.807) is 0 Å². The number of para-hydroxylation sites is 1. The van der Waals surface area contributed by atoms with Crippen molar-refractivity contribution < 1.29 is 0 Å². The fourth-order valence-electron chi connectivity index (χ4n) is 3.43. The molecule has 3 heteroatoms. The fraction of sp³-hybridized carbons (Fsp3) is 0.625. The predicted molar refractivity (Wildman–Crippen MR) is 82.2 cm³/mol. The number of hydrogen-bond donors (Lipinski definition) is 1. The van der Waals surface area contributed by atoms with Crippen LogP contribution >= 0.6 is 0 Å². The largest absolute Gasteiger partial charge is 0.383 e. The third-order valence-electron chi connectivity index (χ3n) is 4.62. The number of nitrogens with zero attached hydrogens (tertiary/aromatic N) is 2. The first-order valence-corrected chi connectivity index (χ1v) is 7.53. The summed E-state index contributed by atoms with van der Waals surface area (Å²) in [6.45, 7) is 3.50. The maximum Gasteiger partial charge on any atom is 0.0610 e. The minimum Gasteiger partial charge on any atom is -0.383 e. The molecule has 2 aliphatic rings. The van der Waals surface area contributed by atoms with E-state index in [4.69, 9.17) is 0 Å². The SMILES string of the molecule is CN(CC1CCCN1C)c1cccc2c1NCCC2. The van der Waals surface area contributed by atoms with E-state index in [1.165, 1.54) is 49.2 Å². The number of benzene rings is 1. The van der Waals surface area contributed by atoms with E-state index in [9.17, 15) is 0 Å². The molecule has 0 spiro atoms. The summed E-state index contributed by atoms with van der Waals surface area (Å²) < 4.78 is 0. The van der Waals surface area contributed by atoms with Gasteiger partial charge in [-0.2, -0.15) is 0 Å². The molecule has 1 aromatic rings. The molecule has 1 aromatic carbocycles. The lowest BCUT2D eigenvalue weighted by molar-refractivity contribution is 0.314. The first-order valence-electron chi connectivity index (χ1n) is 7.53. The summed E-state index contributed by atoms with van der Waals surface area (Å²) in [4.78, 5) is 4.93. The van der Waals surface area contributed by atoms with Crippen molar-refractivity contribution in [2.45, 2.75) is 31.7 Å². The van der Waals surface area contributed by atoms with Crippen LogP contribution < -0.4 is 10.2 Å². The van der Waals surface area contributed by atoms with E-state index in [0.717, 1.165) is 13.1 Å². The van der Waals surface area contributed by atoms with Gasteiger partial charge in [0.05, 0.1) is 11.4 Å². The van der Waals surface area contributed by atoms with Crippen molar-refractivity contribution in [3.63, 3.8) is 0 Å². The molecule has 104 valence electrons. The number of likely N-dealkylation sites (tertiary alicyclic amines) is 1. The Bertz CT molecular complexity index is 444. The molecule has 19 heavy (non-hydrogen) atoms. The van der Waals surface area contributed by atoms with Crippen LogP contribution in [0.15, 0.2) is 18.2 Å². The summed E-state index contributed by atoms with van der Waals surface area (Å²) in [5.41, 5.74) is 4.23. The van der Waals surface area contributed by atoms with Gasteiger partial charge < -0.3 is 15.1 Å². The lowest BCUT2D eigenvalue weighted by Crippen LogP contribution is -2.37. The highest BCUT2D eigenvalue weighted by atomic mass is 15.2. The maximum atomic E-state index is 3.59. The van der Waals surface area contributed by atoms with Gasteiger partial charge in [-0.3, -0.25) is 0 Å². The van der Waals surface area contributed by atoms with Crippen molar-refractivity contribution in [1.29, 1.82) is 0 Å². The van der Waals surface area contributed by atoms with Crippen molar-refractivity contribution in [1.82, 2.24) is 4.90 Å². The predicted octanol–water partition coefficient (Wildman–Crippen LogP) is 2.58. The highest BCUT2D eigenvalue weighted by Gasteiger charge is 2.23. The molecule has 0 amide bonds. The standard InChI is InChI=1S/C16H25N3/c1-18-11-5-8-14(18)12-19(2)15-9-3-6-13-7-4-10-17-16(13)15/h3,6,9,14,17H,4-5,7-8,10-12H2,1-2H3. The number of likely N-dealkylation sites (N-methyl/N-ethyl adjacent to an activating group) is 2. The van der Waals surface area contributed by atoms with E-state index in [0.29, 0.717) is 6.04 Å². The summed E-state index contributed by atoms with van der Waals surface area (Å²) in [6.07, 6.45) is 5.16. The molecule has 1 atom stereocenters. The average molecular weight is 259 g/mol. The van der Waals surface area contributed by atoms with E-state index in [-0.39, 0.29) is 0 Å². The Labute approximate surface area is 116 Å². The van der Waals surface area contributed by atoms with Crippen LogP contribution in [0.1, 0.15) is 24.8 Å². The molecule has 1 fully saturated rings. The Balaban J connectivity index is 1.77. The van der Waals surface area contributed by atoms with Crippen LogP contribution in [0, 0.1) is 0 Å². The molecule has 1 N–H and O–H groups in total. The monoisotopic (exact) mass is 259 g/mol. The van der Waals surface area contributed by atoms with Gasteiger partial charge in [-0.25, -0.2) is 0 Å². The smallest absolute Gasteiger partial charge is 0.0610 e. The van der Waals surface area contributed by atoms with Gasteiger partial charge in [0.25, 0.3) is 0 Å². The minimum absolute atomic E-state index is 0.712. The van der Waals surface area contributed by atoms with Gasteiger partial charge in [-0.05, 0) is 50.9 Å². The Morgan fingerprint density at radius 1 is 1.37 bits per heavy atom. The second kappa shape index (κ2) is 5.41. The Hall–Kier alpha value is -1.22. The number of hydrogen-bond acceptors (Lipinski definition) is 3. The van der Waals surface area contributed by atoms with Gasteiger partial charge in [0.1, 0.15) is 0 Å². The third-order valence-corrected chi connectivity index (χ3v) is 4.62. The Kier molecular flexibility index (Phi) is 3.65. The molecular formula is C16H25N3. The fourth-order valence-corrected chi connectivity index (χ4v) is 3.43. The van der Waals surface area contributed by atoms with E-state index >= 15 is 0 Å². The van der Waals surface area contributed by atoms with Gasteiger partial charge in [0, 0.05) is 26.2 Å². The number of anilines is 2. The highest BCUT2D eigenvalue weighted by Crippen LogP contribution is 2.33. The van der Waals surface area contributed by atoms with Gasteiger partial charge in [0.2, 0.25) is 0 Å². The van der Waals surface area contributed by atoms with Gasteiger partial charge in [-0.1, -0.05) is 12.1 Å². The van der Waals surface area contributed by atoms with Crippen LogP contribution in [-0.2, 0) is 6.42 Å². The molecule has 0 saturated carbocycles. The average Bonchev–Trinajstić information content (AvgIpc) is 2.83. The number of rotatable bonds is 3. The number of aryl methyl sites for hydroxylation is 1. The van der Waals surface area contributed by atoms with Crippen molar-refractivity contribution in [2.24, 2.45) is 0 Å². The van der Waals surface area contributed by atoms with Crippen LogP contribution in [0.3, 0.4) is 0 Å². The van der Waals surface area contributed by atoms with Crippen molar-refractivity contribution >= 4 is 11.4 Å². The van der Waals surface area contributed by atoms with Crippen LogP contribution in [0.25, 0.3) is 0 Å². The number of fused-ring (bicyclic) bond motifs is 1. The van der Waals surface area contributed by atoms with Crippen molar-refractivity contribution in [3.05, 3.63) is 23.8 Å². The first-order chi connectivity index (χ1) is 9.25. The van der Waals surface area contributed by atoms with E-state index in [2.05, 4.69) is 47.4 Å². The third kappa shape index (κ3) is 2.57. The molecule has 1 saturated heterocycles. The molecule has 0 aromatic heterocycles. The summed E-state index contributed by atoms with van der Waals surface area (Å²) in [7, 11) is 4.49. The summed E-state index contributed by atoms with van der Waals surface area (Å²) in [5, 5.41) is 3.59.